The van der Waals surface area contributed by atoms with Crippen LogP contribution in [-0.4, -0.2) is 21.8 Å². The number of nitrogens with zero attached hydrogens (tertiary/aromatic N) is 1. The smallest absolute Gasteiger partial charge is 0.304 e. The van der Waals surface area contributed by atoms with Crippen LogP contribution in [0.3, 0.4) is 0 Å². The summed E-state index contributed by atoms with van der Waals surface area (Å²) in [4.78, 5) is 15.5. The number of aromatic nitrogens is 1. The van der Waals surface area contributed by atoms with Crippen molar-refractivity contribution >= 4 is 45.8 Å². The molecule has 134 valence electrons. The van der Waals surface area contributed by atoms with Crippen LogP contribution in [0.4, 0.5) is 5.13 Å². The van der Waals surface area contributed by atoms with Crippen molar-refractivity contribution in [2.24, 2.45) is 0 Å². The van der Waals surface area contributed by atoms with Crippen molar-refractivity contribution in [3.05, 3.63) is 65.2 Å². The molecule has 7 heteroatoms. The van der Waals surface area contributed by atoms with Gasteiger partial charge in [-0.15, -0.1) is 11.8 Å². The van der Waals surface area contributed by atoms with E-state index in [4.69, 9.17) is 21.7 Å². The summed E-state index contributed by atoms with van der Waals surface area (Å²) in [7, 11) is 0. The Morgan fingerprint density at radius 2 is 1.88 bits per heavy atom. The molecule has 0 aliphatic heterocycles. The van der Waals surface area contributed by atoms with Crippen LogP contribution in [0.25, 0.3) is 11.3 Å². The molecule has 0 spiro atoms. The number of thiazole rings is 1. The standard InChI is InChI=1S/C19H17ClN2O2S2/c20-15-8-6-13(7-9-15)12-21-19-22-17(14-4-2-1-3-5-14)18(26-19)25-11-10-16(23)24/h1-9H,10-12H2,(H,21,22)(H,23,24). The van der Waals surface area contributed by atoms with Crippen LogP contribution in [0.1, 0.15) is 12.0 Å². The average Bonchev–Trinajstić information content (AvgIpc) is 3.05. The van der Waals surface area contributed by atoms with Gasteiger partial charge in [-0.25, -0.2) is 4.98 Å². The lowest BCUT2D eigenvalue weighted by Gasteiger charge is -2.02. The number of hydrogen-bond acceptors (Lipinski definition) is 5. The highest BCUT2D eigenvalue weighted by Crippen LogP contribution is 2.38. The Bertz CT molecular complexity index is 867. The number of aliphatic carboxylic acids is 1. The van der Waals surface area contributed by atoms with Crippen LogP contribution in [-0.2, 0) is 11.3 Å². The van der Waals surface area contributed by atoms with Gasteiger partial charge in [0.05, 0.1) is 16.3 Å². The van der Waals surface area contributed by atoms with Gasteiger partial charge in [-0.3, -0.25) is 4.79 Å². The molecule has 0 aliphatic carbocycles. The molecule has 26 heavy (non-hydrogen) atoms. The number of carbonyl (C=O) groups is 1. The van der Waals surface area contributed by atoms with Gasteiger partial charge < -0.3 is 10.4 Å². The number of anilines is 1. The van der Waals surface area contributed by atoms with E-state index in [-0.39, 0.29) is 6.42 Å². The van der Waals surface area contributed by atoms with E-state index in [1.807, 2.05) is 54.6 Å². The third kappa shape index (κ3) is 5.24. The number of rotatable bonds is 8. The summed E-state index contributed by atoms with van der Waals surface area (Å²) in [5.74, 6) is -0.266. The van der Waals surface area contributed by atoms with E-state index < -0.39 is 5.97 Å². The molecule has 0 aliphatic rings. The second-order valence-corrected chi connectivity index (χ2v) is 8.29. The first-order valence-electron chi connectivity index (χ1n) is 8.01. The number of nitrogens with one attached hydrogen (secondary N) is 1. The molecule has 1 aromatic heterocycles. The quantitative estimate of drug-likeness (QED) is 0.475. The zero-order valence-electron chi connectivity index (χ0n) is 13.8. The Balaban J connectivity index is 1.76. The molecule has 0 amide bonds. The molecule has 0 radical (unpaired) electrons. The fraction of sp³-hybridized carbons (Fsp3) is 0.158. The summed E-state index contributed by atoms with van der Waals surface area (Å²) in [5.41, 5.74) is 3.04. The predicted octanol–water partition coefficient (Wildman–Crippen LogP) is 5.64. The zero-order valence-corrected chi connectivity index (χ0v) is 16.2. The lowest BCUT2D eigenvalue weighted by atomic mass is 10.2. The molecule has 0 saturated carbocycles. The van der Waals surface area contributed by atoms with Crippen LogP contribution in [0.15, 0.2) is 58.8 Å². The summed E-state index contributed by atoms with van der Waals surface area (Å²) in [6, 6.07) is 17.6. The molecule has 0 bridgehead atoms. The second kappa shape index (κ2) is 9.07. The molecular weight excluding hydrogens is 388 g/mol. The lowest BCUT2D eigenvalue weighted by Crippen LogP contribution is -1.98. The van der Waals surface area contributed by atoms with Crippen LogP contribution in [0.2, 0.25) is 5.02 Å². The number of halogens is 1. The fourth-order valence-electron chi connectivity index (χ4n) is 2.27. The van der Waals surface area contributed by atoms with Gasteiger partial charge in [-0.1, -0.05) is 65.4 Å². The van der Waals surface area contributed by atoms with Crippen LogP contribution < -0.4 is 5.32 Å². The summed E-state index contributed by atoms with van der Waals surface area (Å²) in [5, 5.41) is 13.7. The van der Waals surface area contributed by atoms with Crippen molar-refractivity contribution in [3.8, 4) is 11.3 Å². The molecule has 1 heterocycles. The minimum absolute atomic E-state index is 0.129. The Morgan fingerprint density at radius 1 is 1.15 bits per heavy atom. The number of carboxylic acid groups (broad SMARTS) is 1. The number of benzene rings is 2. The van der Waals surface area contributed by atoms with E-state index in [9.17, 15) is 4.79 Å². The van der Waals surface area contributed by atoms with E-state index in [0.717, 1.165) is 26.2 Å². The van der Waals surface area contributed by atoms with E-state index >= 15 is 0 Å². The SMILES string of the molecule is O=C(O)CCSc1sc(NCc2ccc(Cl)cc2)nc1-c1ccccc1. The second-order valence-electron chi connectivity index (χ2n) is 5.49. The van der Waals surface area contributed by atoms with Crippen LogP contribution >= 0.6 is 34.7 Å². The molecule has 3 aromatic rings. The monoisotopic (exact) mass is 404 g/mol. The van der Waals surface area contributed by atoms with Crippen molar-refractivity contribution in [1.82, 2.24) is 4.98 Å². The number of thioether (sulfide) groups is 1. The van der Waals surface area contributed by atoms with Gasteiger partial charge in [-0.2, -0.15) is 0 Å². The normalized spacial score (nSPS) is 10.7. The first kappa shape index (κ1) is 18.8. The minimum atomic E-state index is -0.788. The maximum atomic E-state index is 10.8. The van der Waals surface area contributed by atoms with Crippen LogP contribution in [0, 0.1) is 0 Å². The summed E-state index contributed by atoms with van der Waals surface area (Å²) in [6.45, 7) is 0.651. The molecule has 0 saturated heterocycles. The third-order valence-electron chi connectivity index (χ3n) is 3.55. The van der Waals surface area contributed by atoms with Gasteiger partial charge in [0.15, 0.2) is 5.13 Å². The third-order valence-corrected chi connectivity index (χ3v) is 6.08. The topological polar surface area (TPSA) is 62.2 Å². The first-order chi connectivity index (χ1) is 12.6. The molecule has 0 fully saturated rings. The van der Waals surface area contributed by atoms with Crippen LogP contribution in [0.5, 0.6) is 0 Å². The Hall–Kier alpha value is -2.02. The highest BCUT2D eigenvalue weighted by molar-refractivity contribution is 8.01. The van der Waals surface area contributed by atoms with Crippen molar-refractivity contribution in [3.63, 3.8) is 0 Å². The fourth-order valence-corrected chi connectivity index (χ4v) is 4.60. The zero-order chi connectivity index (χ0) is 18.4. The highest BCUT2D eigenvalue weighted by Gasteiger charge is 2.14. The maximum absolute atomic E-state index is 10.8. The summed E-state index contributed by atoms with van der Waals surface area (Å²) in [6.07, 6.45) is 0.129. The van der Waals surface area contributed by atoms with Crippen molar-refractivity contribution in [2.75, 3.05) is 11.1 Å². The largest absolute Gasteiger partial charge is 0.481 e. The van der Waals surface area contributed by atoms with Gasteiger partial charge >= 0.3 is 5.97 Å². The van der Waals surface area contributed by atoms with Gasteiger partial charge in [0.25, 0.3) is 0 Å². The molecule has 2 N–H and O–H groups in total. The van der Waals surface area contributed by atoms with Crippen molar-refractivity contribution in [1.29, 1.82) is 0 Å². The lowest BCUT2D eigenvalue weighted by molar-refractivity contribution is -0.136. The van der Waals surface area contributed by atoms with Gasteiger partial charge in [0.1, 0.15) is 0 Å². The molecule has 0 unspecified atom stereocenters. The summed E-state index contributed by atoms with van der Waals surface area (Å²) >= 11 is 9.00. The van der Waals surface area contributed by atoms with Gasteiger partial charge in [0.2, 0.25) is 0 Å². The summed E-state index contributed by atoms with van der Waals surface area (Å²) < 4.78 is 1.02. The Kier molecular flexibility index (Phi) is 6.55. The number of hydrogen-bond donors (Lipinski definition) is 2. The maximum Gasteiger partial charge on any atom is 0.304 e. The molecule has 0 atom stereocenters. The Morgan fingerprint density at radius 3 is 2.58 bits per heavy atom. The molecule has 3 rings (SSSR count). The van der Waals surface area contributed by atoms with E-state index in [1.54, 1.807) is 11.3 Å². The molecule has 2 aromatic carbocycles. The van der Waals surface area contributed by atoms with Gasteiger partial charge in [-0.05, 0) is 17.7 Å². The van der Waals surface area contributed by atoms with Crippen molar-refractivity contribution in [2.45, 2.75) is 17.2 Å². The highest BCUT2D eigenvalue weighted by atomic mass is 35.5. The van der Waals surface area contributed by atoms with Gasteiger partial charge in [0, 0.05) is 22.9 Å². The van der Waals surface area contributed by atoms with E-state index in [1.165, 1.54) is 11.8 Å². The Labute approximate surface area is 165 Å². The van der Waals surface area contributed by atoms with E-state index in [2.05, 4.69) is 5.32 Å². The first-order valence-corrected chi connectivity index (χ1v) is 10.2. The average molecular weight is 405 g/mol. The predicted molar refractivity (Wildman–Crippen MR) is 109 cm³/mol. The minimum Gasteiger partial charge on any atom is -0.481 e. The molecular formula is C19H17ClN2O2S2. The van der Waals surface area contributed by atoms with E-state index in [0.29, 0.717) is 17.3 Å². The van der Waals surface area contributed by atoms with Crippen molar-refractivity contribution < 1.29 is 9.90 Å². The number of carboxylic acids is 1. The molecule has 4 nitrogen and oxygen atoms in total.